The number of piperidine rings is 4. The molecular weight excluding hydrogens is 1950 g/mol. The summed E-state index contributed by atoms with van der Waals surface area (Å²) in [5.74, 6) is -1.53. The maximum atomic E-state index is 13.5. The number of carbonyl (C=O) groups is 8. The summed E-state index contributed by atoms with van der Waals surface area (Å²) in [6, 6.07) is 68.6. The van der Waals surface area contributed by atoms with Gasteiger partial charge in [0.15, 0.2) is 0 Å². The van der Waals surface area contributed by atoms with E-state index < -0.39 is 51.2 Å². The Hall–Kier alpha value is -13.1. The Morgan fingerprint density at radius 1 is 0.291 bits per heavy atom. The van der Waals surface area contributed by atoms with E-state index in [2.05, 4.69) is 50.8 Å². The quantitative estimate of drug-likeness (QED) is 0.0239. The van der Waals surface area contributed by atoms with Gasteiger partial charge in [-0.1, -0.05) is 198 Å². The van der Waals surface area contributed by atoms with Crippen LogP contribution < -0.4 is 62.3 Å². The van der Waals surface area contributed by atoms with Gasteiger partial charge in [-0.05, 0) is 228 Å². The van der Waals surface area contributed by atoms with Crippen molar-refractivity contribution in [1.29, 1.82) is 0 Å². The van der Waals surface area contributed by atoms with Crippen LogP contribution in [-0.4, -0.2) is 214 Å². The average molecular weight is 2090 g/mol. The van der Waals surface area contributed by atoms with Gasteiger partial charge in [0.25, 0.3) is 23.6 Å². The smallest absolute Gasteiger partial charge is 0.255 e. The van der Waals surface area contributed by atoms with Crippen LogP contribution >= 0.6 is 0 Å². The summed E-state index contributed by atoms with van der Waals surface area (Å²) in [5, 5.41) is 22.3. The zero-order chi connectivity index (χ0) is 107. The maximum absolute atomic E-state index is 13.5. The minimum Gasteiger partial charge on any atom is -0.341 e. The fourth-order valence-electron chi connectivity index (χ4n) is 19.3. The van der Waals surface area contributed by atoms with Crippen molar-refractivity contribution in [3.05, 3.63) is 287 Å². The number of aryl methyl sites for hydroxylation is 4. The Morgan fingerprint density at radius 3 is 0.689 bits per heavy atom. The molecule has 4 heterocycles. The molecule has 0 bridgehead atoms. The van der Waals surface area contributed by atoms with Gasteiger partial charge in [0, 0.05) is 165 Å². The molecule has 0 aliphatic carbocycles. The lowest BCUT2D eigenvalue weighted by Crippen LogP contribution is -2.57. The number of hydrogen-bond acceptors (Lipinski definition) is 20. The first-order chi connectivity index (χ1) is 70.0. The van der Waals surface area contributed by atoms with E-state index in [1.54, 1.807) is 243 Å². The van der Waals surface area contributed by atoms with Crippen LogP contribution in [0.1, 0.15) is 159 Å². The highest BCUT2D eigenvalue weighted by Gasteiger charge is 2.41. The van der Waals surface area contributed by atoms with Crippen LogP contribution in [-0.2, 0) is 59.3 Å². The van der Waals surface area contributed by atoms with Gasteiger partial charge in [-0.25, -0.2) is 52.6 Å². The molecule has 0 aromatic heterocycles. The van der Waals surface area contributed by atoms with Crippen molar-refractivity contribution in [1.82, 2.24) is 49.1 Å². The first-order valence-corrected chi connectivity index (χ1v) is 55.7. The van der Waals surface area contributed by atoms with Gasteiger partial charge in [-0.2, -0.15) is 0 Å². The molecule has 0 spiro atoms. The third-order valence-corrected chi connectivity index (χ3v) is 34.2. The molecule has 8 amide bonds. The second kappa shape index (κ2) is 47.6. The van der Waals surface area contributed by atoms with E-state index in [4.69, 9.17) is 11.5 Å². The second-order valence-corrected chi connectivity index (χ2v) is 46.9. The zero-order valence-electron chi connectivity index (χ0n) is 86.5. The molecule has 36 heteroatoms. The molecule has 16 rings (SSSR count). The number of amides is 8. The second-order valence-electron chi connectivity index (χ2n) is 40.2. The minimum atomic E-state index is -3.88. The Kier molecular flexibility index (Phi) is 36.1. The lowest BCUT2D eigenvalue weighted by molar-refractivity contribution is -0.138. The number of anilines is 4. The van der Waals surface area contributed by atoms with Crippen molar-refractivity contribution < 1.29 is 72.0 Å². The number of nitrogens with zero attached hydrogens (tertiary/aromatic N) is 4. The van der Waals surface area contributed by atoms with Gasteiger partial charge in [0.2, 0.25) is 63.7 Å². The number of likely N-dealkylation sites (tertiary alicyclic amines) is 4. The van der Waals surface area contributed by atoms with Crippen LogP contribution in [0.25, 0.3) is 43.1 Å². The standard InChI is InChI=1S/4C28H34N4O4S/c2*1-18-9-5-6-10-20(18)26(33)30-24-13-7-12-22-21(24)11-8-14-25(22)37(35,36)31-23-15-16-32(17-19(23)2)27(34)28(3,4)29;2*1-18-9-5-6-10-21(18)27(33)30-25-13-7-12-23-22(25)11-8-14-26(23)37(35,36)31-24-15-16-32(17-19(24)2)28(34)20(3)29-4/h2*5-14,19,23,31H,15-17,29H2,1-4H3,(H,30,33);2*5-14,19-20,24,29,31H,15-17H2,1-4H3,(H,30,33)/t2*19-,23+;19-,20+,24-;19-,20-,24-/m1010/s1. The van der Waals surface area contributed by atoms with E-state index in [0.717, 1.165) is 22.3 Å². The highest BCUT2D eigenvalue weighted by Crippen LogP contribution is 2.38. The van der Waals surface area contributed by atoms with Crippen LogP contribution in [0.2, 0.25) is 0 Å². The number of sulfonamides is 4. The molecule has 0 saturated carbocycles. The average Bonchev–Trinajstić information content (AvgIpc) is 0.775. The highest BCUT2D eigenvalue weighted by molar-refractivity contribution is 7.90. The fraction of sp³-hybridized carbons (Fsp3) is 0.357. The molecule has 4 aliphatic heterocycles. The van der Waals surface area contributed by atoms with Crippen molar-refractivity contribution in [3.8, 4) is 0 Å². The van der Waals surface area contributed by atoms with Gasteiger partial charge in [0.1, 0.15) is 0 Å². The number of hydrogen-bond donors (Lipinski definition) is 12. The van der Waals surface area contributed by atoms with E-state index in [9.17, 15) is 72.0 Å². The van der Waals surface area contributed by atoms with Crippen molar-refractivity contribution >= 4 is 153 Å². The van der Waals surface area contributed by atoms with Crippen molar-refractivity contribution in [2.75, 3.05) is 87.7 Å². The minimum absolute atomic E-state index is 0.0185. The molecule has 148 heavy (non-hydrogen) atoms. The normalized spacial score (nSPS) is 18.8. The molecule has 12 aromatic carbocycles. The monoisotopic (exact) mass is 2090 g/mol. The molecule has 4 saturated heterocycles. The van der Waals surface area contributed by atoms with Crippen molar-refractivity contribution in [3.63, 3.8) is 0 Å². The lowest BCUT2D eigenvalue weighted by atomic mass is 9.93. The van der Waals surface area contributed by atoms with Crippen LogP contribution in [0.15, 0.2) is 262 Å². The van der Waals surface area contributed by atoms with Crippen molar-refractivity contribution in [2.45, 2.75) is 190 Å². The summed E-state index contributed by atoms with van der Waals surface area (Å²) in [7, 11) is -12.0. The number of fused-ring (bicyclic) bond motifs is 4. The molecule has 4 fully saturated rings. The van der Waals surface area contributed by atoms with Gasteiger partial charge in [0.05, 0.1) is 42.7 Å². The molecule has 14 N–H and O–H groups in total. The lowest BCUT2D eigenvalue weighted by Gasteiger charge is -2.39. The van der Waals surface area contributed by atoms with E-state index >= 15 is 0 Å². The SMILES string of the molecule is CN[C@@H](C)C(=O)N1CC[C@@H](NS(=O)(=O)c2cccc3c(NC(=O)c4ccccc4C)cccc23)[C@H](C)C1.CN[C@@H](C)C(=O)N1CC[C@H](NS(=O)(=O)c2cccc3c(NC(=O)c4ccccc4C)cccc23)[C@@H](C)C1.Cc1ccccc1C(=O)Nc1cccc2c(S(=O)(=O)N[C@@H]3CCN(C(=O)C(C)(C)N)C[C@@H]3C)cccc12.Cc1ccccc1C(=O)Nc1cccc2c(S(=O)(=O)N[C@H]3CCN(C(=O)C(C)(C)N)C[C@H]3C)cccc12. The Morgan fingerprint density at radius 2 is 0.486 bits per heavy atom. The molecular formula is C112H136N16O16S4. The first kappa shape index (κ1) is 112. The van der Waals surface area contributed by atoms with E-state index in [1.807, 2.05) is 130 Å². The summed E-state index contributed by atoms with van der Waals surface area (Å²) in [6.45, 7) is 29.3. The summed E-state index contributed by atoms with van der Waals surface area (Å²) in [4.78, 5) is 110. The summed E-state index contributed by atoms with van der Waals surface area (Å²) in [6.07, 6.45) is 2.05. The molecule has 0 radical (unpaired) electrons. The van der Waals surface area contributed by atoms with Crippen LogP contribution in [0.3, 0.4) is 0 Å². The molecule has 10 atom stereocenters. The fourth-order valence-corrected chi connectivity index (χ4v) is 25.7. The van der Waals surface area contributed by atoms with Crippen LogP contribution in [0, 0.1) is 51.4 Å². The molecule has 784 valence electrons. The number of carbonyl (C=O) groups excluding carboxylic acids is 8. The molecule has 12 aromatic rings. The summed E-state index contributed by atoms with van der Waals surface area (Å²) in [5.41, 5.74) is 17.8. The van der Waals surface area contributed by atoms with Crippen molar-refractivity contribution in [2.24, 2.45) is 35.1 Å². The van der Waals surface area contributed by atoms with Gasteiger partial charge in [-0.15, -0.1) is 0 Å². The molecule has 4 aliphatic rings. The van der Waals surface area contributed by atoms with Gasteiger partial charge < -0.3 is 63.0 Å². The highest BCUT2D eigenvalue weighted by atomic mass is 32.2. The first-order valence-electron chi connectivity index (χ1n) is 49.7. The van der Waals surface area contributed by atoms with E-state index in [1.165, 1.54) is 0 Å². The topological polar surface area (TPSA) is 458 Å². The zero-order valence-corrected chi connectivity index (χ0v) is 89.7. The third-order valence-electron chi connectivity index (χ3n) is 28.0. The van der Waals surface area contributed by atoms with E-state index in [0.29, 0.717) is 166 Å². The number of nitrogens with one attached hydrogen (secondary N) is 10. The number of benzene rings is 12. The van der Waals surface area contributed by atoms with Gasteiger partial charge in [-0.3, -0.25) is 38.4 Å². The predicted molar refractivity (Wildman–Crippen MR) is 584 cm³/mol. The predicted octanol–water partition coefficient (Wildman–Crippen LogP) is 14.4. The molecule has 32 nitrogen and oxygen atoms in total. The van der Waals surface area contributed by atoms with Crippen LogP contribution in [0.4, 0.5) is 22.7 Å². The Labute approximate surface area is 868 Å². The largest absolute Gasteiger partial charge is 0.341 e. The Bertz CT molecular complexity index is 7050. The number of nitrogens with two attached hydrogens (primary N) is 2. The van der Waals surface area contributed by atoms with E-state index in [-0.39, 0.29) is 127 Å². The number of rotatable bonds is 26. The number of likely N-dealkylation sites (N-methyl/N-ethyl adjacent to an activating group) is 2. The van der Waals surface area contributed by atoms with Gasteiger partial charge >= 0.3 is 0 Å². The summed E-state index contributed by atoms with van der Waals surface area (Å²) < 4.78 is 120. The van der Waals surface area contributed by atoms with Crippen LogP contribution in [0.5, 0.6) is 0 Å². The molecule has 0 unspecified atom stereocenters. The summed E-state index contributed by atoms with van der Waals surface area (Å²) >= 11 is 0. The maximum Gasteiger partial charge on any atom is 0.255 e. The third kappa shape index (κ3) is 26.6. The Balaban J connectivity index is 0.000000165.